The monoisotopic (exact) mass is 523 g/mol. The lowest BCUT2D eigenvalue weighted by Crippen LogP contribution is -2.47. The SMILES string of the molecule is Cc1cccc(CN2CCN(C(c3ccccc3)c3ccc(-c4cccc(C)c4-c4ccccn4)cc3)CC2)c1. The molecule has 1 saturated heterocycles. The summed E-state index contributed by atoms with van der Waals surface area (Å²) in [6, 6.07) is 42.1. The predicted molar refractivity (Wildman–Crippen MR) is 166 cm³/mol. The highest BCUT2D eigenvalue weighted by Crippen LogP contribution is 2.36. The number of piperazine rings is 1. The van der Waals surface area contributed by atoms with E-state index in [0.29, 0.717) is 0 Å². The Kier molecular flexibility index (Phi) is 7.85. The third-order valence-corrected chi connectivity index (χ3v) is 8.11. The molecule has 40 heavy (non-hydrogen) atoms. The van der Waals surface area contributed by atoms with Crippen LogP contribution in [0, 0.1) is 13.8 Å². The zero-order chi connectivity index (χ0) is 27.3. The first kappa shape index (κ1) is 26.2. The van der Waals surface area contributed by atoms with Crippen LogP contribution in [0.15, 0.2) is 121 Å². The standard InChI is InChI=1S/C37H37N3/c1-28-10-8-12-30(26-28)27-39-22-24-40(25-23-39)37(32-13-4-3-5-14-32)33-19-17-31(18-20-33)34-15-9-11-29(2)36(34)35-16-6-7-21-38-35/h3-21,26,37H,22-25,27H2,1-2H3. The van der Waals surface area contributed by atoms with Crippen molar-refractivity contribution in [3.8, 4) is 22.4 Å². The number of hydrogen-bond acceptors (Lipinski definition) is 3. The van der Waals surface area contributed by atoms with Crippen molar-refractivity contribution in [1.29, 1.82) is 0 Å². The quantitative estimate of drug-likeness (QED) is 0.216. The average molecular weight is 524 g/mol. The Labute approximate surface area is 238 Å². The van der Waals surface area contributed by atoms with Crippen molar-refractivity contribution in [2.24, 2.45) is 0 Å². The molecule has 1 atom stereocenters. The molecule has 2 heterocycles. The molecule has 3 heteroatoms. The fraction of sp³-hybridized carbons (Fsp3) is 0.216. The molecule has 1 unspecified atom stereocenters. The molecule has 3 nitrogen and oxygen atoms in total. The first-order valence-corrected chi connectivity index (χ1v) is 14.3. The first-order chi connectivity index (χ1) is 19.7. The zero-order valence-electron chi connectivity index (χ0n) is 23.5. The van der Waals surface area contributed by atoms with Gasteiger partial charge in [-0.05, 0) is 59.4 Å². The van der Waals surface area contributed by atoms with Crippen LogP contribution in [0.1, 0.15) is 33.9 Å². The minimum absolute atomic E-state index is 0.240. The van der Waals surface area contributed by atoms with Gasteiger partial charge in [-0.3, -0.25) is 14.8 Å². The Hall–Kier alpha value is -4.05. The van der Waals surface area contributed by atoms with Crippen LogP contribution in [0.2, 0.25) is 0 Å². The molecule has 0 amide bonds. The topological polar surface area (TPSA) is 19.4 Å². The molecule has 1 aromatic heterocycles. The van der Waals surface area contributed by atoms with Crippen molar-refractivity contribution >= 4 is 0 Å². The van der Waals surface area contributed by atoms with E-state index < -0.39 is 0 Å². The van der Waals surface area contributed by atoms with E-state index in [2.05, 4.69) is 138 Å². The summed E-state index contributed by atoms with van der Waals surface area (Å²) < 4.78 is 0. The van der Waals surface area contributed by atoms with Crippen molar-refractivity contribution in [3.63, 3.8) is 0 Å². The van der Waals surface area contributed by atoms with Gasteiger partial charge in [0.15, 0.2) is 0 Å². The summed E-state index contributed by atoms with van der Waals surface area (Å²) in [5.41, 5.74) is 11.4. The Morgan fingerprint density at radius 1 is 0.675 bits per heavy atom. The van der Waals surface area contributed by atoms with Gasteiger partial charge in [-0.15, -0.1) is 0 Å². The molecule has 0 spiro atoms. The van der Waals surface area contributed by atoms with E-state index in [0.717, 1.165) is 38.4 Å². The third kappa shape index (κ3) is 5.77. The van der Waals surface area contributed by atoms with E-state index in [9.17, 15) is 0 Å². The molecule has 4 aromatic carbocycles. The Morgan fingerprint density at radius 3 is 2.12 bits per heavy atom. The molecular formula is C37H37N3. The lowest BCUT2D eigenvalue weighted by atomic mass is 9.91. The van der Waals surface area contributed by atoms with Gasteiger partial charge in [-0.2, -0.15) is 0 Å². The maximum absolute atomic E-state index is 4.67. The maximum Gasteiger partial charge on any atom is 0.0710 e. The summed E-state index contributed by atoms with van der Waals surface area (Å²) in [5, 5.41) is 0. The van der Waals surface area contributed by atoms with Crippen LogP contribution in [0.5, 0.6) is 0 Å². The van der Waals surface area contributed by atoms with E-state index >= 15 is 0 Å². The van der Waals surface area contributed by atoms with Crippen molar-refractivity contribution in [2.45, 2.75) is 26.4 Å². The summed E-state index contributed by atoms with van der Waals surface area (Å²) in [6.07, 6.45) is 1.87. The summed E-state index contributed by atoms with van der Waals surface area (Å²) in [7, 11) is 0. The second kappa shape index (κ2) is 12.0. The van der Waals surface area contributed by atoms with Crippen molar-refractivity contribution < 1.29 is 0 Å². The van der Waals surface area contributed by atoms with Gasteiger partial charge in [-0.1, -0.05) is 109 Å². The number of nitrogens with zero attached hydrogens (tertiary/aromatic N) is 3. The van der Waals surface area contributed by atoms with Crippen molar-refractivity contribution in [3.05, 3.63) is 149 Å². The van der Waals surface area contributed by atoms with Gasteiger partial charge in [0, 0.05) is 44.5 Å². The van der Waals surface area contributed by atoms with Gasteiger partial charge in [0.05, 0.1) is 11.7 Å². The summed E-state index contributed by atoms with van der Waals surface area (Å²) >= 11 is 0. The van der Waals surface area contributed by atoms with Crippen LogP contribution in [-0.2, 0) is 6.54 Å². The summed E-state index contributed by atoms with van der Waals surface area (Å²) in [4.78, 5) is 9.92. The van der Waals surface area contributed by atoms with E-state index in [4.69, 9.17) is 0 Å². The molecule has 0 aliphatic carbocycles. The highest BCUT2D eigenvalue weighted by Gasteiger charge is 2.26. The van der Waals surface area contributed by atoms with Gasteiger partial charge in [-0.25, -0.2) is 0 Å². The Balaban J connectivity index is 1.26. The molecule has 200 valence electrons. The van der Waals surface area contributed by atoms with Gasteiger partial charge < -0.3 is 0 Å². The van der Waals surface area contributed by atoms with Crippen LogP contribution in [0.25, 0.3) is 22.4 Å². The third-order valence-electron chi connectivity index (χ3n) is 8.11. The molecular weight excluding hydrogens is 486 g/mol. The minimum Gasteiger partial charge on any atom is -0.297 e. The molecule has 6 rings (SSSR count). The van der Waals surface area contributed by atoms with E-state index in [1.807, 2.05) is 12.3 Å². The maximum atomic E-state index is 4.67. The number of aromatic nitrogens is 1. The van der Waals surface area contributed by atoms with Crippen LogP contribution in [-0.4, -0.2) is 41.0 Å². The molecule has 1 aliphatic rings. The molecule has 5 aromatic rings. The number of benzene rings is 4. The van der Waals surface area contributed by atoms with Crippen molar-refractivity contribution in [2.75, 3.05) is 26.2 Å². The predicted octanol–water partition coefficient (Wildman–Crippen LogP) is 7.94. The van der Waals surface area contributed by atoms with E-state index in [-0.39, 0.29) is 6.04 Å². The normalized spacial score (nSPS) is 15.2. The van der Waals surface area contributed by atoms with Gasteiger partial charge in [0.1, 0.15) is 0 Å². The number of pyridine rings is 1. The summed E-state index contributed by atoms with van der Waals surface area (Å²) in [5.74, 6) is 0. The molecule has 0 saturated carbocycles. The van der Waals surface area contributed by atoms with Gasteiger partial charge >= 0.3 is 0 Å². The fourth-order valence-electron chi connectivity index (χ4n) is 6.10. The number of rotatable bonds is 7. The van der Waals surface area contributed by atoms with Crippen LogP contribution in [0.4, 0.5) is 0 Å². The van der Waals surface area contributed by atoms with Gasteiger partial charge in [0.2, 0.25) is 0 Å². The number of hydrogen-bond donors (Lipinski definition) is 0. The molecule has 0 radical (unpaired) electrons. The second-order valence-electron chi connectivity index (χ2n) is 10.9. The molecule has 0 bridgehead atoms. The smallest absolute Gasteiger partial charge is 0.0710 e. The zero-order valence-corrected chi connectivity index (χ0v) is 23.5. The fourth-order valence-corrected chi connectivity index (χ4v) is 6.10. The highest BCUT2D eigenvalue weighted by molar-refractivity contribution is 5.84. The van der Waals surface area contributed by atoms with Gasteiger partial charge in [0.25, 0.3) is 0 Å². The first-order valence-electron chi connectivity index (χ1n) is 14.3. The number of aryl methyl sites for hydroxylation is 2. The van der Waals surface area contributed by atoms with E-state index in [1.165, 1.54) is 44.5 Å². The lowest BCUT2D eigenvalue weighted by Gasteiger charge is -2.40. The summed E-state index contributed by atoms with van der Waals surface area (Å²) in [6.45, 7) is 9.62. The van der Waals surface area contributed by atoms with Crippen LogP contribution < -0.4 is 0 Å². The lowest BCUT2D eigenvalue weighted by molar-refractivity contribution is 0.105. The molecule has 0 N–H and O–H groups in total. The molecule has 1 fully saturated rings. The van der Waals surface area contributed by atoms with Crippen LogP contribution >= 0.6 is 0 Å². The minimum atomic E-state index is 0.240. The average Bonchev–Trinajstić information content (AvgIpc) is 2.99. The highest BCUT2D eigenvalue weighted by atomic mass is 15.3. The second-order valence-corrected chi connectivity index (χ2v) is 10.9. The largest absolute Gasteiger partial charge is 0.297 e. The Morgan fingerprint density at radius 2 is 1.40 bits per heavy atom. The Bertz CT molecular complexity index is 1540. The van der Waals surface area contributed by atoms with E-state index in [1.54, 1.807) is 0 Å². The van der Waals surface area contributed by atoms with Crippen LogP contribution in [0.3, 0.4) is 0 Å². The molecule has 1 aliphatic heterocycles. The van der Waals surface area contributed by atoms with Crippen molar-refractivity contribution in [1.82, 2.24) is 14.8 Å².